The van der Waals surface area contributed by atoms with Gasteiger partial charge in [0, 0.05) is 7.11 Å². The number of aromatic hydroxyl groups is 1. The van der Waals surface area contributed by atoms with E-state index in [9.17, 15) is 5.11 Å². The highest BCUT2D eigenvalue weighted by Crippen LogP contribution is 2.61. The fraction of sp³-hybridized carbons (Fsp3) is 0.739. The van der Waals surface area contributed by atoms with Gasteiger partial charge in [0.15, 0.2) is 0 Å². The minimum Gasteiger partial charge on any atom is -0.508 e. The molecule has 0 spiro atoms. The van der Waals surface area contributed by atoms with Crippen LogP contribution in [-0.2, 0) is 11.2 Å². The number of hydrogen-bond donors (Lipinski definition) is 1. The molecule has 1 aromatic rings. The number of fused-ring (bicyclic) bond motifs is 5. The summed E-state index contributed by atoms with van der Waals surface area (Å²) in [5, 5.41) is 9.73. The minimum atomic E-state index is 0.393. The summed E-state index contributed by atoms with van der Waals surface area (Å²) < 4.78 is 5.82. The van der Waals surface area contributed by atoms with Crippen molar-refractivity contribution in [3.8, 4) is 5.75 Å². The van der Waals surface area contributed by atoms with Gasteiger partial charge in [-0.15, -0.1) is 0 Å². The maximum Gasteiger partial charge on any atom is 0.115 e. The van der Waals surface area contributed by atoms with Gasteiger partial charge in [0.1, 0.15) is 5.75 Å². The lowest BCUT2D eigenvalue weighted by Crippen LogP contribution is -2.44. The summed E-state index contributed by atoms with van der Waals surface area (Å²) in [4.78, 5) is 0. The Hall–Kier alpha value is -1.02. The standard InChI is InChI=1S/C19H26O2.2C2H6/c1-19-10-9-15-14-6-4-13(20)11-12(14)3-5-16(15)17(19)7-8-18(19)21-2;2*1-2/h4,6,11,15-18,20H,3,5,7-10H2,1-2H3;2*1-2H3/t15?,16?,17?,18-,19-;;/m0../s1. The number of aryl methyl sites for hydroxylation is 1. The predicted octanol–water partition coefficient (Wildman–Crippen LogP) is 6.32. The van der Waals surface area contributed by atoms with Gasteiger partial charge in [-0.05, 0) is 85.0 Å². The van der Waals surface area contributed by atoms with Crippen LogP contribution in [0.4, 0.5) is 0 Å². The number of rotatable bonds is 1. The van der Waals surface area contributed by atoms with Crippen LogP contribution in [0.25, 0.3) is 0 Å². The van der Waals surface area contributed by atoms with Gasteiger partial charge in [-0.1, -0.05) is 40.7 Å². The Labute approximate surface area is 155 Å². The lowest BCUT2D eigenvalue weighted by molar-refractivity contribution is -0.0444. The molecule has 0 radical (unpaired) electrons. The van der Waals surface area contributed by atoms with Crippen molar-refractivity contribution in [3.05, 3.63) is 29.3 Å². The molecule has 0 aliphatic heterocycles. The maximum atomic E-state index is 9.73. The highest BCUT2D eigenvalue weighted by molar-refractivity contribution is 5.40. The van der Waals surface area contributed by atoms with E-state index in [1.165, 1.54) is 43.2 Å². The van der Waals surface area contributed by atoms with Crippen molar-refractivity contribution >= 4 is 0 Å². The molecule has 0 heterocycles. The summed E-state index contributed by atoms with van der Waals surface area (Å²) in [5.74, 6) is 2.78. The van der Waals surface area contributed by atoms with Gasteiger partial charge >= 0.3 is 0 Å². The van der Waals surface area contributed by atoms with Crippen LogP contribution in [0, 0.1) is 17.3 Å². The molecule has 1 N–H and O–H groups in total. The SMILES string of the molecule is CC.CC.CO[C@H]1CCC2C3CCc4cc(O)ccc4C3CC[C@@]21C. The molecular weight excluding hydrogens is 308 g/mol. The van der Waals surface area contributed by atoms with Gasteiger partial charge in [0.2, 0.25) is 0 Å². The summed E-state index contributed by atoms with van der Waals surface area (Å²) >= 11 is 0. The van der Waals surface area contributed by atoms with Gasteiger partial charge in [0.25, 0.3) is 0 Å². The lowest BCUT2D eigenvalue weighted by Gasteiger charge is -2.50. The second kappa shape index (κ2) is 8.58. The normalized spacial score (nSPS) is 35.1. The average molecular weight is 347 g/mol. The van der Waals surface area contributed by atoms with Crippen molar-refractivity contribution in [1.82, 2.24) is 0 Å². The Morgan fingerprint density at radius 2 is 1.76 bits per heavy atom. The Bertz CT molecular complexity index is 553. The topological polar surface area (TPSA) is 29.5 Å². The molecule has 4 rings (SSSR count). The van der Waals surface area contributed by atoms with Crippen molar-refractivity contribution in [2.75, 3.05) is 7.11 Å². The number of phenols is 1. The lowest BCUT2D eigenvalue weighted by atomic mass is 9.55. The van der Waals surface area contributed by atoms with Crippen LogP contribution < -0.4 is 0 Å². The molecule has 3 aliphatic carbocycles. The molecule has 3 unspecified atom stereocenters. The summed E-state index contributed by atoms with van der Waals surface area (Å²) in [6, 6.07) is 6.06. The van der Waals surface area contributed by atoms with E-state index in [4.69, 9.17) is 4.74 Å². The third kappa shape index (κ3) is 3.47. The van der Waals surface area contributed by atoms with Crippen molar-refractivity contribution in [3.63, 3.8) is 0 Å². The Morgan fingerprint density at radius 3 is 2.44 bits per heavy atom. The van der Waals surface area contributed by atoms with Gasteiger partial charge in [-0.2, -0.15) is 0 Å². The monoisotopic (exact) mass is 346 g/mol. The molecule has 0 aromatic heterocycles. The molecule has 1 aromatic carbocycles. The molecule has 0 saturated heterocycles. The van der Waals surface area contributed by atoms with Crippen LogP contribution in [0.5, 0.6) is 5.75 Å². The predicted molar refractivity (Wildman–Crippen MR) is 106 cm³/mol. The molecule has 2 fully saturated rings. The van der Waals surface area contributed by atoms with Crippen LogP contribution in [0.15, 0.2) is 18.2 Å². The first kappa shape index (κ1) is 20.3. The van der Waals surface area contributed by atoms with Gasteiger partial charge in [-0.25, -0.2) is 0 Å². The number of hydrogen-bond acceptors (Lipinski definition) is 2. The average Bonchev–Trinajstić information content (AvgIpc) is 3.01. The van der Waals surface area contributed by atoms with E-state index in [1.807, 2.05) is 46.9 Å². The largest absolute Gasteiger partial charge is 0.508 e. The Kier molecular flexibility index (Phi) is 6.96. The first-order valence-corrected chi connectivity index (χ1v) is 10.5. The maximum absolute atomic E-state index is 9.73. The summed E-state index contributed by atoms with van der Waals surface area (Å²) in [7, 11) is 1.89. The zero-order chi connectivity index (χ0) is 18.6. The van der Waals surface area contributed by atoms with Crippen LogP contribution in [0.1, 0.15) is 83.8 Å². The molecular formula is C23H38O2. The van der Waals surface area contributed by atoms with Crippen LogP contribution in [-0.4, -0.2) is 18.3 Å². The molecule has 2 saturated carbocycles. The van der Waals surface area contributed by atoms with Crippen LogP contribution >= 0.6 is 0 Å². The van der Waals surface area contributed by atoms with E-state index in [0.29, 0.717) is 23.2 Å². The van der Waals surface area contributed by atoms with Crippen molar-refractivity contribution in [2.45, 2.75) is 85.2 Å². The smallest absolute Gasteiger partial charge is 0.115 e. The first-order valence-electron chi connectivity index (χ1n) is 10.5. The molecule has 2 nitrogen and oxygen atoms in total. The second-order valence-electron chi connectivity index (χ2n) is 7.64. The molecule has 0 bridgehead atoms. The van der Waals surface area contributed by atoms with Gasteiger partial charge in [-0.3, -0.25) is 0 Å². The number of methoxy groups -OCH3 is 1. The third-order valence-electron chi connectivity index (χ3n) is 6.91. The Morgan fingerprint density at radius 1 is 1.04 bits per heavy atom. The third-order valence-corrected chi connectivity index (χ3v) is 6.91. The Balaban J connectivity index is 0.000000528. The van der Waals surface area contributed by atoms with E-state index in [0.717, 1.165) is 18.3 Å². The van der Waals surface area contributed by atoms with Crippen LogP contribution in [0.2, 0.25) is 0 Å². The number of phenolic OH excluding ortho intramolecular Hbond substituents is 1. The van der Waals surface area contributed by atoms with Crippen LogP contribution in [0.3, 0.4) is 0 Å². The summed E-state index contributed by atoms with van der Waals surface area (Å²) in [6.07, 6.45) is 8.04. The van der Waals surface area contributed by atoms with Gasteiger partial charge in [0.05, 0.1) is 6.10 Å². The van der Waals surface area contributed by atoms with E-state index >= 15 is 0 Å². The van der Waals surface area contributed by atoms with Crippen molar-refractivity contribution in [2.24, 2.45) is 17.3 Å². The molecule has 0 amide bonds. The molecule has 25 heavy (non-hydrogen) atoms. The zero-order valence-corrected chi connectivity index (χ0v) is 17.1. The second-order valence-corrected chi connectivity index (χ2v) is 7.64. The van der Waals surface area contributed by atoms with Crippen molar-refractivity contribution in [1.29, 1.82) is 0 Å². The summed E-state index contributed by atoms with van der Waals surface area (Å²) in [6.45, 7) is 10.5. The zero-order valence-electron chi connectivity index (χ0n) is 17.1. The fourth-order valence-electron chi connectivity index (χ4n) is 5.91. The quantitative estimate of drug-likeness (QED) is 0.645. The molecule has 2 heteroatoms. The van der Waals surface area contributed by atoms with E-state index in [1.54, 1.807) is 0 Å². The van der Waals surface area contributed by atoms with E-state index < -0.39 is 0 Å². The van der Waals surface area contributed by atoms with Crippen molar-refractivity contribution < 1.29 is 9.84 Å². The highest BCUT2D eigenvalue weighted by Gasteiger charge is 2.54. The highest BCUT2D eigenvalue weighted by atomic mass is 16.5. The molecule has 3 aliphatic rings. The minimum absolute atomic E-state index is 0.393. The molecule has 142 valence electrons. The fourth-order valence-corrected chi connectivity index (χ4v) is 5.91. The number of ether oxygens (including phenoxy) is 1. The first-order chi connectivity index (χ1) is 12.1. The number of benzene rings is 1. The van der Waals surface area contributed by atoms with E-state index in [2.05, 4.69) is 13.0 Å². The summed E-state index contributed by atoms with van der Waals surface area (Å²) in [5.41, 5.74) is 3.30. The van der Waals surface area contributed by atoms with Gasteiger partial charge < -0.3 is 9.84 Å². The molecule has 5 atom stereocenters. The van der Waals surface area contributed by atoms with E-state index in [-0.39, 0.29) is 0 Å².